The van der Waals surface area contributed by atoms with Crippen LogP contribution in [0.4, 0.5) is 0 Å². The summed E-state index contributed by atoms with van der Waals surface area (Å²) in [7, 11) is 0. The average molecular weight is 275 g/mol. The molecule has 1 saturated heterocycles. The molecule has 1 aliphatic carbocycles. The van der Waals surface area contributed by atoms with Crippen molar-refractivity contribution in [2.75, 3.05) is 13.2 Å². The largest absolute Gasteiger partial charge is 0.491 e. The summed E-state index contributed by atoms with van der Waals surface area (Å²) in [5.41, 5.74) is 1.28. The molecule has 110 valence electrons. The lowest BCUT2D eigenvalue weighted by atomic mass is 10.1. The normalized spacial score (nSPS) is 25.9. The van der Waals surface area contributed by atoms with E-state index >= 15 is 0 Å². The highest BCUT2D eigenvalue weighted by Gasteiger charge is 2.28. The zero-order valence-corrected chi connectivity index (χ0v) is 12.3. The van der Waals surface area contributed by atoms with Gasteiger partial charge in [0.2, 0.25) is 0 Å². The Balaban J connectivity index is 1.42. The summed E-state index contributed by atoms with van der Waals surface area (Å²) < 4.78 is 12.0. The van der Waals surface area contributed by atoms with Crippen LogP contribution >= 0.6 is 0 Å². The number of ether oxygens (including phenoxy) is 2. The molecule has 0 aromatic heterocycles. The molecule has 2 aliphatic rings. The zero-order valence-electron chi connectivity index (χ0n) is 12.3. The predicted molar refractivity (Wildman–Crippen MR) is 80.2 cm³/mol. The highest BCUT2D eigenvalue weighted by atomic mass is 16.5. The second-order valence-electron chi connectivity index (χ2n) is 5.91. The molecule has 0 amide bonds. The molecule has 1 saturated carbocycles. The molecule has 3 nitrogen and oxygen atoms in total. The van der Waals surface area contributed by atoms with E-state index < -0.39 is 0 Å². The average Bonchev–Trinajstić information content (AvgIpc) is 3.21. The molecule has 1 aromatic carbocycles. The van der Waals surface area contributed by atoms with Crippen LogP contribution in [0.2, 0.25) is 0 Å². The minimum Gasteiger partial charge on any atom is -0.491 e. The Bertz CT molecular complexity index is 431. The van der Waals surface area contributed by atoms with Crippen LogP contribution in [0.1, 0.15) is 38.2 Å². The maximum atomic E-state index is 6.05. The number of para-hydroxylation sites is 1. The molecule has 1 N–H and O–H groups in total. The Morgan fingerprint density at radius 3 is 2.75 bits per heavy atom. The number of benzene rings is 1. The zero-order chi connectivity index (χ0) is 13.8. The smallest absolute Gasteiger partial charge is 0.122 e. The number of nitrogens with one attached hydrogen (secondary N) is 1. The lowest BCUT2D eigenvalue weighted by Gasteiger charge is -2.16. The molecule has 2 atom stereocenters. The third-order valence-corrected chi connectivity index (χ3v) is 4.19. The van der Waals surface area contributed by atoms with E-state index in [9.17, 15) is 0 Å². The molecular formula is C17H25NO2. The molecule has 0 spiro atoms. The van der Waals surface area contributed by atoms with Crippen LogP contribution in [0, 0.1) is 0 Å². The maximum Gasteiger partial charge on any atom is 0.122 e. The van der Waals surface area contributed by atoms with Gasteiger partial charge in [-0.15, -0.1) is 0 Å². The van der Waals surface area contributed by atoms with E-state index in [-0.39, 0.29) is 6.10 Å². The van der Waals surface area contributed by atoms with Gasteiger partial charge in [-0.2, -0.15) is 0 Å². The summed E-state index contributed by atoms with van der Waals surface area (Å²) in [6.45, 7) is 3.84. The second-order valence-corrected chi connectivity index (χ2v) is 5.91. The molecule has 2 fully saturated rings. The van der Waals surface area contributed by atoms with Crippen LogP contribution in [-0.4, -0.2) is 31.4 Å². The lowest BCUT2D eigenvalue weighted by molar-refractivity contribution is 0.0182. The second kappa shape index (κ2) is 6.59. The molecule has 3 heteroatoms. The van der Waals surface area contributed by atoms with E-state index in [0.717, 1.165) is 37.6 Å². The standard InChI is InChI=1S/C17H25NO2/c1-2-13-5-3-4-6-17(13)19-12-16-10-9-15(20-16)11-18-14-7-8-14/h3-6,14-16,18H,2,7-12H2,1H3. The minimum absolute atomic E-state index is 0.255. The number of hydrogen-bond donors (Lipinski definition) is 1. The van der Waals surface area contributed by atoms with Gasteiger partial charge in [-0.1, -0.05) is 25.1 Å². The van der Waals surface area contributed by atoms with Crippen molar-refractivity contribution in [2.24, 2.45) is 0 Å². The van der Waals surface area contributed by atoms with E-state index in [2.05, 4.69) is 30.4 Å². The molecule has 0 bridgehead atoms. The van der Waals surface area contributed by atoms with E-state index in [0.29, 0.717) is 12.7 Å². The van der Waals surface area contributed by atoms with Crippen molar-refractivity contribution in [3.05, 3.63) is 29.8 Å². The van der Waals surface area contributed by atoms with Gasteiger partial charge < -0.3 is 14.8 Å². The maximum absolute atomic E-state index is 6.05. The summed E-state index contributed by atoms with van der Waals surface area (Å²) in [6, 6.07) is 9.06. The fourth-order valence-electron chi connectivity index (χ4n) is 2.76. The third-order valence-electron chi connectivity index (χ3n) is 4.19. The van der Waals surface area contributed by atoms with Crippen LogP contribution < -0.4 is 10.1 Å². The van der Waals surface area contributed by atoms with Crippen molar-refractivity contribution < 1.29 is 9.47 Å². The minimum atomic E-state index is 0.255. The van der Waals surface area contributed by atoms with Crippen molar-refractivity contribution >= 4 is 0 Å². The van der Waals surface area contributed by atoms with Crippen molar-refractivity contribution in [3.8, 4) is 5.75 Å². The SMILES string of the molecule is CCc1ccccc1OCC1CCC(CNC2CC2)O1. The third kappa shape index (κ3) is 3.74. The molecule has 1 aliphatic heterocycles. The van der Waals surface area contributed by atoms with Crippen molar-refractivity contribution in [3.63, 3.8) is 0 Å². The highest BCUT2D eigenvalue weighted by Crippen LogP contribution is 2.24. The van der Waals surface area contributed by atoms with Gasteiger partial charge in [0.25, 0.3) is 0 Å². The Hall–Kier alpha value is -1.06. The van der Waals surface area contributed by atoms with Crippen molar-refractivity contribution in [2.45, 2.75) is 57.3 Å². The van der Waals surface area contributed by atoms with Crippen LogP contribution in [0.3, 0.4) is 0 Å². The fraction of sp³-hybridized carbons (Fsp3) is 0.647. The topological polar surface area (TPSA) is 30.5 Å². The first-order valence-electron chi connectivity index (χ1n) is 7.94. The number of hydrogen-bond acceptors (Lipinski definition) is 3. The summed E-state index contributed by atoms with van der Waals surface area (Å²) in [6.07, 6.45) is 6.60. The van der Waals surface area contributed by atoms with Crippen LogP contribution in [0.15, 0.2) is 24.3 Å². The molecule has 1 heterocycles. The van der Waals surface area contributed by atoms with E-state index in [1.165, 1.54) is 18.4 Å². The summed E-state index contributed by atoms with van der Waals surface area (Å²) in [4.78, 5) is 0. The van der Waals surface area contributed by atoms with Crippen LogP contribution in [-0.2, 0) is 11.2 Å². The van der Waals surface area contributed by atoms with Crippen molar-refractivity contribution in [1.82, 2.24) is 5.32 Å². The van der Waals surface area contributed by atoms with Gasteiger partial charge in [0.15, 0.2) is 0 Å². The first kappa shape index (κ1) is 13.9. The summed E-state index contributed by atoms with van der Waals surface area (Å²) in [5.74, 6) is 1.01. The van der Waals surface area contributed by atoms with Crippen molar-refractivity contribution in [1.29, 1.82) is 0 Å². The summed E-state index contributed by atoms with van der Waals surface area (Å²) >= 11 is 0. The van der Waals surface area contributed by atoms with Gasteiger partial charge in [-0.25, -0.2) is 0 Å². The van der Waals surface area contributed by atoms with Gasteiger partial charge >= 0.3 is 0 Å². The monoisotopic (exact) mass is 275 g/mol. The number of aryl methyl sites for hydroxylation is 1. The first-order valence-corrected chi connectivity index (χ1v) is 7.94. The quantitative estimate of drug-likeness (QED) is 0.830. The van der Waals surface area contributed by atoms with E-state index in [1.807, 2.05) is 6.07 Å². The molecule has 3 rings (SSSR count). The molecule has 1 aromatic rings. The number of rotatable bonds is 7. The van der Waals surface area contributed by atoms with Crippen LogP contribution in [0.5, 0.6) is 5.75 Å². The Morgan fingerprint density at radius 1 is 1.15 bits per heavy atom. The molecule has 0 radical (unpaired) electrons. The van der Waals surface area contributed by atoms with Gasteiger partial charge in [0.05, 0.1) is 12.2 Å². The van der Waals surface area contributed by atoms with Gasteiger partial charge in [-0.3, -0.25) is 0 Å². The van der Waals surface area contributed by atoms with Gasteiger partial charge in [-0.05, 0) is 43.7 Å². The summed E-state index contributed by atoms with van der Waals surface area (Å²) in [5, 5.41) is 3.55. The molecule has 2 unspecified atom stereocenters. The fourth-order valence-corrected chi connectivity index (χ4v) is 2.76. The Labute approximate surface area is 121 Å². The Kier molecular flexibility index (Phi) is 4.58. The predicted octanol–water partition coefficient (Wildman–Crippen LogP) is 2.93. The Morgan fingerprint density at radius 2 is 1.95 bits per heavy atom. The molecule has 20 heavy (non-hydrogen) atoms. The van der Waals surface area contributed by atoms with Gasteiger partial charge in [0, 0.05) is 12.6 Å². The van der Waals surface area contributed by atoms with Crippen LogP contribution in [0.25, 0.3) is 0 Å². The van der Waals surface area contributed by atoms with E-state index in [4.69, 9.17) is 9.47 Å². The van der Waals surface area contributed by atoms with E-state index in [1.54, 1.807) is 0 Å². The highest BCUT2D eigenvalue weighted by molar-refractivity contribution is 5.33. The lowest BCUT2D eigenvalue weighted by Crippen LogP contribution is -2.29. The van der Waals surface area contributed by atoms with Gasteiger partial charge in [0.1, 0.15) is 12.4 Å². The first-order chi connectivity index (χ1) is 9.85. The molecular weight excluding hydrogens is 250 g/mol.